The van der Waals surface area contributed by atoms with Crippen LogP contribution in [0.3, 0.4) is 0 Å². The van der Waals surface area contributed by atoms with Crippen molar-refractivity contribution in [1.82, 2.24) is 10.2 Å². The third-order valence-electron chi connectivity index (χ3n) is 3.35. The van der Waals surface area contributed by atoms with Gasteiger partial charge in [0.2, 0.25) is 0 Å². The predicted octanol–water partition coefficient (Wildman–Crippen LogP) is 2.53. The topological polar surface area (TPSA) is 50.5 Å². The summed E-state index contributed by atoms with van der Waals surface area (Å²) in [5.41, 5.74) is 8.03. The molecule has 0 aliphatic rings. The molecule has 1 unspecified atom stereocenters. The van der Waals surface area contributed by atoms with Crippen molar-refractivity contribution in [2.45, 2.75) is 39.2 Å². The van der Waals surface area contributed by atoms with Crippen LogP contribution in [0.25, 0.3) is 0 Å². The molecule has 1 atom stereocenters. The first-order chi connectivity index (χ1) is 10.0. The lowest BCUT2D eigenvalue weighted by Gasteiger charge is -2.16. The Kier molecular flexibility index (Phi) is 8.16. The number of rotatable bonds is 10. The van der Waals surface area contributed by atoms with Crippen molar-refractivity contribution in [2.75, 3.05) is 39.5 Å². The van der Waals surface area contributed by atoms with E-state index in [9.17, 15) is 0 Å². The number of nitrogens with zero attached hydrogens (tertiary/aromatic N) is 1. The Bertz CT molecular complexity index is 407. The fourth-order valence-electron chi connectivity index (χ4n) is 2.24. The Morgan fingerprint density at radius 1 is 1.33 bits per heavy atom. The first-order valence-electron chi connectivity index (χ1n) is 7.92. The van der Waals surface area contributed by atoms with Crippen molar-refractivity contribution in [3.05, 3.63) is 23.8 Å². The summed E-state index contributed by atoms with van der Waals surface area (Å²) in [6, 6.07) is 6.58. The van der Waals surface area contributed by atoms with E-state index in [-0.39, 0.29) is 0 Å². The van der Waals surface area contributed by atoms with E-state index in [1.54, 1.807) is 0 Å². The van der Waals surface area contributed by atoms with Crippen LogP contribution in [0.15, 0.2) is 18.2 Å². The van der Waals surface area contributed by atoms with E-state index in [0.29, 0.717) is 12.6 Å². The number of hydrogen-bond donors (Lipinski definition) is 2. The largest absolute Gasteiger partial charge is 0.491 e. The van der Waals surface area contributed by atoms with E-state index in [2.05, 4.69) is 44.2 Å². The zero-order valence-corrected chi connectivity index (χ0v) is 14.0. The minimum Gasteiger partial charge on any atom is -0.491 e. The molecule has 0 heterocycles. The zero-order valence-electron chi connectivity index (χ0n) is 14.0. The highest BCUT2D eigenvalue weighted by atomic mass is 16.5. The molecular formula is C17H31N3O. The lowest BCUT2D eigenvalue weighted by Crippen LogP contribution is -2.30. The quantitative estimate of drug-likeness (QED) is 0.514. The van der Waals surface area contributed by atoms with Crippen molar-refractivity contribution in [1.29, 1.82) is 0 Å². The third kappa shape index (κ3) is 7.34. The van der Waals surface area contributed by atoms with Crippen LogP contribution in [0, 0.1) is 0 Å². The van der Waals surface area contributed by atoms with Crippen LogP contribution in [-0.2, 0) is 6.42 Å². The lowest BCUT2D eigenvalue weighted by molar-refractivity contribution is 0.319. The van der Waals surface area contributed by atoms with Crippen molar-refractivity contribution in [2.24, 2.45) is 0 Å². The number of benzene rings is 1. The Morgan fingerprint density at radius 2 is 2.10 bits per heavy atom. The second-order valence-electron chi connectivity index (χ2n) is 5.94. The maximum Gasteiger partial charge on any atom is 0.142 e. The minimum atomic E-state index is 0.453. The van der Waals surface area contributed by atoms with Crippen LogP contribution in [0.4, 0.5) is 5.69 Å². The van der Waals surface area contributed by atoms with E-state index < -0.39 is 0 Å². The van der Waals surface area contributed by atoms with Crippen LogP contribution in [0.5, 0.6) is 5.75 Å². The van der Waals surface area contributed by atoms with E-state index in [4.69, 9.17) is 10.5 Å². The molecule has 0 aromatic heterocycles. The summed E-state index contributed by atoms with van der Waals surface area (Å²) in [6.07, 6.45) is 3.15. The number of anilines is 1. The summed E-state index contributed by atoms with van der Waals surface area (Å²) in [7, 11) is 4.21. The van der Waals surface area contributed by atoms with Gasteiger partial charge >= 0.3 is 0 Å². The second-order valence-corrected chi connectivity index (χ2v) is 5.94. The molecule has 21 heavy (non-hydrogen) atoms. The summed E-state index contributed by atoms with van der Waals surface area (Å²) in [4.78, 5) is 2.21. The molecule has 0 saturated heterocycles. The average Bonchev–Trinajstić information content (AvgIpc) is 2.42. The number of nitrogen functional groups attached to an aromatic ring is 1. The van der Waals surface area contributed by atoms with Gasteiger partial charge in [-0.3, -0.25) is 0 Å². The second kappa shape index (κ2) is 9.64. The Labute approximate surface area is 129 Å². The highest BCUT2D eigenvalue weighted by Gasteiger charge is 2.06. The highest BCUT2D eigenvalue weighted by molar-refractivity contribution is 5.54. The van der Waals surface area contributed by atoms with E-state index in [0.717, 1.165) is 37.4 Å². The van der Waals surface area contributed by atoms with E-state index >= 15 is 0 Å². The van der Waals surface area contributed by atoms with Crippen molar-refractivity contribution >= 4 is 5.69 Å². The Morgan fingerprint density at radius 3 is 2.71 bits per heavy atom. The van der Waals surface area contributed by atoms with Crippen LogP contribution in [0.2, 0.25) is 0 Å². The fourth-order valence-corrected chi connectivity index (χ4v) is 2.24. The maximum absolute atomic E-state index is 6.04. The molecular weight excluding hydrogens is 262 g/mol. The summed E-state index contributed by atoms with van der Waals surface area (Å²) in [5.74, 6) is 0.798. The fraction of sp³-hybridized carbons (Fsp3) is 0.647. The van der Waals surface area contributed by atoms with Crippen molar-refractivity contribution in [3.63, 3.8) is 0 Å². The van der Waals surface area contributed by atoms with Crippen molar-refractivity contribution < 1.29 is 4.74 Å². The van der Waals surface area contributed by atoms with Gasteiger partial charge in [-0.25, -0.2) is 0 Å². The van der Waals surface area contributed by atoms with Crippen LogP contribution in [-0.4, -0.2) is 44.7 Å². The predicted molar refractivity (Wildman–Crippen MR) is 91.0 cm³/mol. The molecule has 3 N–H and O–H groups in total. The molecule has 0 fully saturated rings. The molecule has 1 aromatic rings. The van der Waals surface area contributed by atoms with Crippen molar-refractivity contribution in [3.8, 4) is 5.75 Å². The lowest BCUT2D eigenvalue weighted by atomic mass is 10.1. The van der Waals surface area contributed by atoms with Crippen LogP contribution < -0.4 is 15.8 Å². The molecule has 0 amide bonds. The SMILES string of the molecule is CCCOc1ccc(CC(C)NCCCN(C)C)cc1N. The van der Waals surface area contributed by atoms with Crippen LogP contribution >= 0.6 is 0 Å². The van der Waals surface area contributed by atoms with Gasteiger partial charge in [0.1, 0.15) is 5.75 Å². The van der Waals surface area contributed by atoms with Gasteiger partial charge in [0.05, 0.1) is 12.3 Å². The molecule has 4 nitrogen and oxygen atoms in total. The maximum atomic E-state index is 6.04. The number of nitrogens with two attached hydrogens (primary N) is 1. The molecule has 0 aliphatic heterocycles. The first kappa shape index (κ1) is 17.8. The highest BCUT2D eigenvalue weighted by Crippen LogP contribution is 2.23. The molecule has 1 rings (SSSR count). The minimum absolute atomic E-state index is 0.453. The average molecular weight is 293 g/mol. The standard InChI is InChI=1S/C17H31N3O/c1-5-11-21-17-8-7-15(13-16(17)18)12-14(2)19-9-6-10-20(3)4/h7-8,13-14,19H,5-6,9-12,18H2,1-4H3. The Balaban J connectivity index is 2.38. The summed E-state index contributed by atoms with van der Waals surface area (Å²) >= 11 is 0. The van der Waals surface area contributed by atoms with Gasteiger partial charge in [-0.15, -0.1) is 0 Å². The van der Waals surface area contributed by atoms with Gasteiger partial charge in [0.15, 0.2) is 0 Å². The van der Waals surface area contributed by atoms with Gasteiger partial charge in [0.25, 0.3) is 0 Å². The third-order valence-corrected chi connectivity index (χ3v) is 3.35. The molecule has 120 valence electrons. The summed E-state index contributed by atoms with van der Waals surface area (Å²) in [5, 5.41) is 3.56. The number of ether oxygens (including phenoxy) is 1. The monoisotopic (exact) mass is 293 g/mol. The summed E-state index contributed by atoms with van der Waals surface area (Å²) in [6.45, 7) is 7.19. The van der Waals surface area contributed by atoms with Gasteiger partial charge in [-0.1, -0.05) is 13.0 Å². The van der Waals surface area contributed by atoms with Gasteiger partial charge in [0, 0.05) is 6.04 Å². The van der Waals surface area contributed by atoms with Gasteiger partial charge < -0.3 is 20.7 Å². The van der Waals surface area contributed by atoms with Gasteiger partial charge in [-0.05, 0) is 71.1 Å². The molecule has 0 spiro atoms. The number of hydrogen-bond acceptors (Lipinski definition) is 4. The zero-order chi connectivity index (χ0) is 15.7. The van der Waals surface area contributed by atoms with Gasteiger partial charge in [-0.2, -0.15) is 0 Å². The number of nitrogens with one attached hydrogen (secondary N) is 1. The molecule has 0 bridgehead atoms. The normalized spacial score (nSPS) is 12.6. The van der Waals surface area contributed by atoms with E-state index in [1.807, 2.05) is 12.1 Å². The van der Waals surface area contributed by atoms with E-state index in [1.165, 1.54) is 12.0 Å². The molecule has 0 aliphatic carbocycles. The first-order valence-corrected chi connectivity index (χ1v) is 7.92. The molecule has 4 heteroatoms. The molecule has 1 aromatic carbocycles. The smallest absolute Gasteiger partial charge is 0.142 e. The Hall–Kier alpha value is -1.26. The van der Waals surface area contributed by atoms with Crippen LogP contribution in [0.1, 0.15) is 32.3 Å². The summed E-state index contributed by atoms with van der Waals surface area (Å²) < 4.78 is 5.60. The molecule has 0 saturated carbocycles. The molecule has 0 radical (unpaired) electrons.